The minimum absolute atomic E-state index is 0.0988. The van der Waals surface area contributed by atoms with Crippen LogP contribution in [-0.4, -0.2) is 12.9 Å². The second-order valence-electron chi connectivity index (χ2n) is 3.80. The molecule has 0 saturated carbocycles. The van der Waals surface area contributed by atoms with Gasteiger partial charge >= 0.3 is 0 Å². The van der Waals surface area contributed by atoms with Gasteiger partial charge in [0.25, 0.3) is 0 Å². The maximum Gasteiger partial charge on any atom is 0.194 e. The van der Waals surface area contributed by atoms with E-state index in [2.05, 4.69) is 15.9 Å². The van der Waals surface area contributed by atoms with Gasteiger partial charge in [-0.1, -0.05) is 27.5 Å². The molecule has 0 aromatic heterocycles. The van der Waals surface area contributed by atoms with Gasteiger partial charge in [-0.05, 0) is 36.4 Å². The Morgan fingerprint density at radius 2 is 2.00 bits per heavy atom. The molecule has 0 amide bonds. The number of ketones is 1. The molecule has 2 aromatic carbocycles. The summed E-state index contributed by atoms with van der Waals surface area (Å²) in [4.78, 5) is 12.3. The van der Waals surface area contributed by atoms with Crippen molar-refractivity contribution in [3.05, 3.63) is 62.8 Å². The first-order chi connectivity index (χ1) is 9.02. The number of rotatable bonds is 3. The highest BCUT2D eigenvalue weighted by molar-refractivity contribution is 9.10. The molecule has 2 aromatic rings. The van der Waals surface area contributed by atoms with Gasteiger partial charge in [0.15, 0.2) is 17.3 Å². The Hall–Kier alpha value is -1.39. The monoisotopic (exact) mass is 342 g/mol. The number of ether oxygens (including phenoxy) is 1. The molecule has 2 nitrogen and oxygen atoms in total. The maximum absolute atomic E-state index is 13.6. The third-order valence-electron chi connectivity index (χ3n) is 2.59. The van der Waals surface area contributed by atoms with E-state index in [0.717, 1.165) is 6.07 Å². The molecule has 0 aliphatic carbocycles. The maximum atomic E-state index is 13.6. The van der Waals surface area contributed by atoms with Crippen molar-refractivity contribution >= 4 is 33.3 Å². The first-order valence-electron chi connectivity index (χ1n) is 5.36. The van der Waals surface area contributed by atoms with Crippen molar-refractivity contribution in [2.45, 2.75) is 0 Å². The van der Waals surface area contributed by atoms with Crippen LogP contribution >= 0.6 is 27.5 Å². The zero-order valence-electron chi connectivity index (χ0n) is 9.91. The largest absolute Gasteiger partial charge is 0.494 e. The van der Waals surface area contributed by atoms with Gasteiger partial charge in [0.05, 0.1) is 7.11 Å². The second-order valence-corrected chi connectivity index (χ2v) is 5.09. The first-order valence-corrected chi connectivity index (χ1v) is 6.53. The molecular weight excluding hydrogens is 335 g/mol. The van der Waals surface area contributed by atoms with Crippen LogP contribution in [0.5, 0.6) is 5.75 Å². The SMILES string of the molecule is COc1ccc(C(=O)c2cc(Cl)ccc2Br)cc1F. The molecular formula is C14H9BrClFO2. The third kappa shape index (κ3) is 2.96. The Bertz CT molecular complexity index is 643. The zero-order chi connectivity index (χ0) is 14.0. The number of methoxy groups -OCH3 is 1. The van der Waals surface area contributed by atoms with E-state index in [4.69, 9.17) is 16.3 Å². The summed E-state index contributed by atoms with van der Waals surface area (Å²) >= 11 is 9.14. The van der Waals surface area contributed by atoms with Gasteiger partial charge in [0, 0.05) is 20.6 Å². The minimum Gasteiger partial charge on any atom is -0.494 e. The van der Waals surface area contributed by atoms with Gasteiger partial charge in [-0.25, -0.2) is 4.39 Å². The Labute approximate surface area is 123 Å². The molecule has 98 valence electrons. The fourth-order valence-electron chi connectivity index (χ4n) is 1.63. The van der Waals surface area contributed by atoms with Crippen LogP contribution in [0.3, 0.4) is 0 Å². The normalized spacial score (nSPS) is 10.3. The quantitative estimate of drug-likeness (QED) is 0.768. The van der Waals surface area contributed by atoms with E-state index in [1.54, 1.807) is 12.1 Å². The van der Waals surface area contributed by atoms with Gasteiger partial charge in [-0.3, -0.25) is 4.79 Å². The number of hydrogen-bond donors (Lipinski definition) is 0. The highest BCUT2D eigenvalue weighted by Gasteiger charge is 2.15. The van der Waals surface area contributed by atoms with E-state index >= 15 is 0 Å². The van der Waals surface area contributed by atoms with Crippen molar-refractivity contribution in [2.75, 3.05) is 7.11 Å². The van der Waals surface area contributed by atoms with Gasteiger partial charge < -0.3 is 4.74 Å². The third-order valence-corrected chi connectivity index (χ3v) is 3.51. The van der Waals surface area contributed by atoms with Crippen LogP contribution in [0.1, 0.15) is 15.9 Å². The van der Waals surface area contributed by atoms with Gasteiger partial charge in [0.1, 0.15) is 0 Å². The van der Waals surface area contributed by atoms with Crippen molar-refractivity contribution in [1.29, 1.82) is 0 Å². The Morgan fingerprint density at radius 1 is 1.26 bits per heavy atom. The van der Waals surface area contributed by atoms with Crippen LogP contribution in [0.25, 0.3) is 0 Å². The smallest absolute Gasteiger partial charge is 0.194 e. The van der Waals surface area contributed by atoms with E-state index in [0.29, 0.717) is 15.1 Å². The van der Waals surface area contributed by atoms with E-state index < -0.39 is 5.82 Å². The first kappa shape index (κ1) is 14.0. The lowest BCUT2D eigenvalue weighted by molar-refractivity contribution is 0.103. The van der Waals surface area contributed by atoms with Crippen LogP contribution in [0.4, 0.5) is 4.39 Å². The molecule has 0 N–H and O–H groups in total. The number of benzene rings is 2. The summed E-state index contributed by atoms with van der Waals surface area (Å²) in [6.45, 7) is 0. The molecule has 0 aliphatic heterocycles. The molecule has 0 saturated heterocycles. The van der Waals surface area contributed by atoms with Crippen LogP contribution in [-0.2, 0) is 0 Å². The van der Waals surface area contributed by atoms with Crippen molar-refractivity contribution in [1.82, 2.24) is 0 Å². The Balaban J connectivity index is 2.44. The average molecular weight is 344 g/mol. The topological polar surface area (TPSA) is 26.3 Å². The van der Waals surface area contributed by atoms with Gasteiger partial charge in [-0.15, -0.1) is 0 Å². The molecule has 2 rings (SSSR count). The predicted octanol–water partition coefficient (Wildman–Crippen LogP) is 4.48. The molecule has 19 heavy (non-hydrogen) atoms. The number of carbonyl (C=O) groups excluding carboxylic acids is 1. The lowest BCUT2D eigenvalue weighted by Crippen LogP contribution is -2.03. The molecule has 0 heterocycles. The fraction of sp³-hybridized carbons (Fsp3) is 0.0714. The summed E-state index contributed by atoms with van der Waals surface area (Å²) in [5.74, 6) is -0.788. The van der Waals surface area contributed by atoms with E-state index in [-0.39, 0.29) is 17.1 Å². The number of halogens is 3. The summed E-state index contributed by atoms with van der Waals surface area (Å²) in [7, 11) is 1.37. The highest BCUT2D eigenvalue weighted by Crippen LogP contribution is 2.25. The Kier molecular flexibility index (Phi) is 4.22. The molecule has 0 fully saturated rings. The molecule has 0 spiro atoms. The average Bonchev–Trinajstić information content (AvgIpc) is 2.40. The molecule has 0 atom stereocenters. The highest BCUT2D eigenvalue weighted by atomic mass is 79.9. The molecule has 0 bridgehead atoms. The van der Waals surface area contributed by atoms with Gasteiger partial charge in [0.2, 0.25) is 0 Å². The summed E-state index contributed by atoms with van der Waals surface area (Å²) in [6.07, 6.45) is 0. The van der Waals surface area contributed by atoms with Crippen molar-refractivity contribution in [2.24, 2.45) is 0 Å². The fourth-order valence-corrected chi connectivity index (χ4v) is 2.23. The van der Waals surface area contributed by atoms with E-state index in [1.807, 2.05) is 0 Å². The van der Waals surface area contributed by atoms with E-state index in [9.17, 15) is 9.18 Å². The molecule has 0 radical (unpaired) electrons. The zero-order valence-corrected chi connectivity index (χ0v) is 12.3. The lowest BCUT2D eigenvalue weighted by Gasteiger charge is -2.06. The van der Waals surface area contributed by atoms with Crippen molar-refractivity contribution in [3.63, 3.8) is 0 Å². The second kappa shape index (κ2) is 5.72. The van der Waals surface area contributed by atoms with Crippen molar-refractivity contribution in [3.8, 4) is 5.75 Å². The van der Waals surface area contributed by atoms with Crippen molar-refractivity contribution < 1.29 is 13.9 Å². The lowest BCUT2D eigenvalue weighted by atomic mass is 10.0. The van der Waals surface area contributed by atoms with Crippen LogP contribution in [0.2, 0.25) is 5.02 Å². The summed E-state index contributed by atoms with van der Waals surface area (Å²) in [5, 5.41) is 0.445. The number of hydrogen-bond acceptors (Lipinski definition) is 2. The van der Waals surface area contributed by atoms with Crippen LogP contribution < -0.4 is 4.74 Å². The van der Waals surface area contributed by atoms with E-state index in [1.165, 1.54) is 25.3 Å². The molecule has 0 aliphatic rings. The Morgan fingerprint density at radius 3 is 2.63 bits per heavy atom. The number of carbonyl (C=O) groups is 1. The van der Waals surface area contributed by atoms with Gasteiger partial charge in [-0.2, -0.15) is 0 Å². The minimum atomic E-state index is -0.577. The summed E-state index contributed by atoms with van der Waals surface area (Å²) < 4.78 is 19.0. The molecule has 0 unspecified atom stereocenters. The molecule has 5 heteroatoms. The standard InChI is InChI=1S/C14H9BrClFO2/c1-19-13-5-2-8(6-12(13)17)14(18)10-7-9(16)3-4-11(10)15/h2-7H,1H3. The summed E-state index contributed by atoms with van der Waals surface area (Å²) in [5.41, 5.74) is 0.623. The summed E-state index contributed by atoms with van der Waals surface area (Å²) in [6, 6.07) is 8.95. The van der Waals surface area contributed by atoms with Crippen LogP contribution in [0, 0.1) is 5.82 Å². The van der Waals surface area contributed by atoms with Crippen LogP contribution in [0.15, 0.2) is 40.9 Å². The predicted molar refractivity (Wildman–Crippen MR) is 75.5 cm³/mol.